The van der Waals surface area contributed by atoms with Crippen molar-refractivity contribution < 1.29 is 17.6 Å². The molecule has 0 aromatic heterocycles. The van der Waals surface area contributed by atoms with Crippen LogP contribution in [0.1, 0.15) is 5.56 Å². The minimum atomic E-state index is -1.77. The summed E-state index contributed by atoms with van der Waals surface area (Å²) in [6.45, 7) is 1.15. The van der Waals surface area contributed by atoms with Crippen molar-refractivity contribution in [3.63, 3.8) is 0 Å². The van der Waals surface area contributed by atoms with Gasteiger partial charge in [-0.2, -0.15) is 0 Å². The summed E-state index contributed by atoms with van der Waals surface area (Å²) in [5.41, 5.74) is -0.249. The minimum Gasteiger partial charge on any atom is -0.204 e. The molecule has 0 saturated carbocycles. The van der Waals surface area contributed by atoms with Crippen molar-refractivity contribution >= 4 is 0 Å². The molecule has 11 heavy (non-hydrogen) atoms. The third-order valence-electron chi connectivity index (χ3n) is 1.28. The lowest BCUT2D eigenvalue weighted by atomic mass is 10.2. The van der Waals surface area contributed by atoms with Crippen LogP contribution in [0.3, 0.4) is 0 Å². The van der Waals surface area contributed by atoms with Crippen LogP contribution < -0.4 is 0 Å². The summed E-state index contributed by atoms with van der Waals surface area (Å²) in [6.07, 6.45) is 0. The van der Waals surface area contributed by atoms with Crippen LogP contribution in [0.4, 0.5) is 17.6 Å². The number of hydrogen-bond acceptors (Lipinski definition) is 0. The minimum absolute atomic E-state index is 0.249. The van der Waals surface area contributed by atoms with Crippen LogP contribution in [0.2, 0.25) is 0 Å². The lowest BCUT2D eigenvalue weighted by molar-refractivity contribution is 0.406. The first-order chi connectivity index (χ1) is 5.04. The predicted octanol–water partition coefficient (Wildman–Crippen LogP) is 2.55. The molecule has 0 unspecified atom stereocenters. The number of rotatable bonds is 0. The highest BCUT2D eigenvalue weighted by Gasteiger charge is 2.15. The zero-order valence-electron chi connectivity index (χ0n) is 5.59. The van der Waals surface area contributed by atoms with Crippen molar-refractivity contribution in [3.8, 4) is 0 Å². The highest BCUT2D eigenvalue weighted by molar-refractivity contribution is 5.19. The SMILES string of the molecule is Cc1cc(F)c(F)c(F)c1F. The second-order valence-corrected chi connectivity index (χ2v) is 2.12. The largest absolute Gasteiger partial charge is 0.204 e. The van der Waals surface area contributed by atoms with Gasteiger partial charge in [0, 0.05) is 0 Å². The van der Waals surface area contributed by atoms with E-state index in [1.807, 2.05) is 0 Å². The van der Waals surface area contributed by atoms with E-state index in [9.17, 15) is 17.6 Å². The van der Waals surface area contributed by atoms with Gasteiger partial charge in [-0.05, 0) is 18.6 Å². The van der Waals surface area contributed by atoms with Gasteiger partial charge >= 0.3 is 0 Å². The van der Waals surface area contributed by atoms with E-state index in [1.54, 1.807) is 0 Å². The van der Waals surface area contributed by atoms with Gasteiger partial charge in [-0.1, -0.05) is 0 Å². The van der Waals surface area contributed by atoms with Crippen LogP contribution in [-0.2, 0) is 0 Å². The summed E-state index contributed by atoms with van der Waals surface area (Å²) in [5, 5.41) is 0. The summed E-state index contributed by atoms with van der Waals surface area (Å²) in [7, 11) is 0. The van der Waals surface area contributed by atoms with E-state index in [0.717, 1.165) is 6.92 Å². The molecule has 0 atom stereocenters. The van der Waals surface area contributed by atoms with E-state index in [-0.39, 0.29) is 5.56 Å². The third-order valence-corrected chi connectivity index (χ3v) is 1.28. The van der Waals surface area contributed by atoms with Crippen molar-refractivity contribution in [2.75, 3.05) is 0 Å². The van der Waals surface area contributed by atoms with Gasteiger partial charge in [-0.25, -0.2) is 17.6 Å². The van der Waals surface area contributed by atoms with E-state index >= 15 is 0 Å². The maximum absolute atomic E-state index is 12.4. The second-order valence-electron chi connectivity index (χ2n) is 2.12. The van der Waals surface area contributed by atoms with Gasteiger partial charge in [-0.15, -0.1) is 0 Å². The normalized spacial score (nSPS) is 10.3. The number of aryl methyl sites for hydroxylation is 1. The molecule has 1 rings (SSSR count). The smallest absolute Gasteiger partial charge is 0.197 e. The van der Waals surface area contributed by atoms with Crippen molar-refractivity contribution in [1.29, 1.82) is 0 Å². The number of halogens is 4. The molecule has 0 heterocycles. The average Bonchev–Trinajstić information content (AvgIpc) is 1.97. The van der Waals surface area contributed by atoms with E-state index in [0.29, 0.717) is 6.07 Å². The Hall–Kier alpha value is -1.06. The van der Waals surface area contributed by atoms with E-state index < -0.39 is 23.3 Å². The molecule has 4 heteroatoms. The van der Waals surface area contributed by atoms with Gasteiger partial charge in [0.05, 0.1) is 0 Å². The Kier molecular flexibility index (Phi) is 1.85. The Morgan fingerprint density at radius 1 is 0.909 bits per heavy atom. The zero-order valence-corrected chi connectivity index (χ0v) is 5.59. The second kappa shape index (κ2) is 2.53. The molecule has 0 aliphatic heterocycles. The van der Waals surface area contributed by atoms with Crippen molar-refractivity contribution in [3.05, 3.63) is 34.9 Å². The molecule has 0 saturated heterocycles. The fourth-order valence-corrected chi connectivity index (χ4v) is 0.691. The third kappa shape index (κ3) is 1.20. The summed E-state index contributed by atoms with van der Waals surface area (Å²) >= 11 is 0. The molecule has 1 aromatic carbocycles. The van der Waals surface area contributed by atoms with Gasteiger partial charge < -0.3 is 0 Å². The molecule has 0 radical (unpaired) electrons. The molecule has 0 fully saturated rings. The van der Waals surface area contributed by atoms with Crippen LogP contribution in [0.15, 0.2) is 6.07 Å². The summed E-state index contributed by atoms with van der Waals surface area (Å²) in [5.74, 6) is -6.25. The quantitative estimate of drug-likeness (QED) is 0.314. The average molecular weight is 164 g/mol. The highest BCUT2D eigenvalue weighted by Crippen LogP contribution is 2.17. The summed E-state index contributed by atoms with van der Waals surface area (Å²) < 4.78 is 49.1. The first-order valence-corrected chi connectivity index (χ1v) is 2.83. The van der Waals surface area contributed by atoms with Crippen molar-refractivity contribution in [2.24, 2.45) is 0 Å². The maximum Gasteiger partial charge on any atom is 0.197 e. The molecule has 0 aliphatic rings. The topological polar surface area (TPSA) is 0 Å². The van der Waals surface area contributed by atoms with E-state index in [2.05, 4.69) is 0 Å². The highest BCUT2D eigenvalue weighted by atomic mass is 19.2. The van der Waals surface area contributed by atoms with E-state index in [4.69, 9.17) is 0 Å². The lowest BCUT2D eigenvalue weighted by Gasteiger charge is -1.99. The van der Waals surface area contributed by atoms with E-state index in [1.165, 1.54) is 0 Å². The maximum atomic E-state index is 12.4. The van der Waals surface area contributed by atoms with Gasteiger partial charge in [0.2, 0.25) is 0 Å². The Labute approximate surface area is 60.5 Å². The molecular formula is C7H4F4. The predicted molar refractivity (Wildman–Crippen MR) is 31.0 cm³/mol. The molecule has 0 spiro atoms. The van der Waals surface area contributed by atoms with Crippen LogP contribution >= 0.6 is 0 Å². The molecule has 0 bridgehead atoms. The number of benzene rings is 1. The van der Waals surface area contributed by atoms with Crippen molar-refractivity contribution in [2.45, 2.75) is 6.92 Å². The van der Waals surface area contributed by atoms with Gasteiger partial charge in [0.1, 0.15) is 0 Å². The van der Waals surface area contributed by atoms with Crippen LogP contribution in [0, 0.1) is 30.2 Å². The standard InChI is InChI=1S/C7H4F4/c1-3-2-4(8)6(10)7(11)5(3)9/h2H,1H3. The zero-order chi connectivity index (χ0) is 8.59. The van der Waals surface area contributed by atoms with Gasteiger partial charge in [0.15, 0.2) is 23.3 Å². The van der Waals surface area contributed by atoms with Crippen LogP contribution in [0.25, 0.3) is 0 Å². The Balaban J connectivity index is 3.46. The van der Waals surface area contributed by atoms with Crippen LogP contribution in [0.5, 0.6) is 0 Å². The van der Waals surface area contributed by atoms with Gasteiger partial charge in [-0.3, -0.25) is 0 Å². The van der Waals surface area contributed by atoms with Crippen molar-refractivity contribution in [1.82, 2.24) is 0 Å². The summed E-state index contributed by atoms with van der Waals surface area (Å²) in [4.78, 5) is 0. The van der Waals surface area contributed by atoms with Crippen LogP contribution in [-0.4, -0.2) is 0 Å². The summed E-state index contributed by atoms with van der Waals surface area (Å²) in [6, 6.07) is 0.605. The monoisotopic (exact) mass is 164 g/mol. The van der Waals surface area contributed by atoms with Gasteiger partial charge in [0.25, 0.3) is 0 Å². The molecule has 0 nitrogen and oxygen atoms in total. The number of hydrogen-bond donors (Lipinski definition) is 0. The molecule has 60 valence electrons. The fourth-order valence-electron chi connectivity index (χ4n) is 0.691. The Morgan fingerprint density at radius 2 is 1.45 bits per heavy atom. The lowest BCUT2D eigenvalue weighted by Crippen LogP contribution is -1.97. The fraction of sp³-hybridized carbons (Fsp3) is 0.143. The molecule has 0 aliphatic carbocycles. The molecule has 0 N–H and O–H groups in total. The Morgan fingerprint density at radius 3 is 2.00 bits per heavy atom. The Bertz CT molecular complexity index is 267. The molecule has 1 aromatic rings. The molecular weight excluding hydrogens is 160 g/mol. The molecule has 0 amide bonds. The first kappa shape index (κ1) is 8.04. The first-order valence-electron chi connectivity index (χ1n) is 2.83.